The Morgan fingerprint density at radius 2 is 2.13 bits per heavy atom. The summed E-state index contributed by atoms with van der Waals surface area (Å²) in [7, 11) is 0. The number of rotatable bonds is 3. The molecule has 82 valence electrons. The van der Waals surface area contributed by atoms with Gasteiger partial charge in [-0.05, 0) is 36.6 Å². The zero-order valence-corrected chi connectivity index (χ0v) is 10.9. The summed E-state index contributed by atoms with van der Waals surface area (Å²) in [5.74, 6) is 0.477. The number of carbonyl (C=O) groups excluding carboxylic acids is 1. The normalized spacial score (nSPS) is 10.5. The third kappa shape index (κ3) is 3.67. The molecule has 1 aromatic carbocycles. The number of aryl methyl sites for hydroxylation is 1. The third-order valence-electron chi connectivity index (χ3n) is 2.09. The summed E-state index contributed by atoms with van der Waals surface area (Å²) in [6.45, 7) is 6.84. The summed E-state index contributed by atoms with van der Waals surface area (Å²) in [5, 5.41) is 2.89. The number of halogens is 1. The van der Waals surface area contributed by atoms with Gasteiger partial charge in [0.25, 0.3) is 5.91 Å². The van der Waals surface area contributed by atoms with Crippen LogP contribution < -0.4 is 5.32 Å². The largest absolute Gasteiger partial charge is 0.352 e. The van der Waals surface area contributed by atoms with Crippen LogP contribution in [0.25, 0.3) is 0 Å². The fourth-order valence-electron chi connectivity index (χ4n) is 1.18. The van der Waals surface area contributed by atoms with Crippen LogP contribution in [0.5, 0.6) is 0 Å². The van der Waals surface area contributed by atoms with E-state index < -0.39 is 0 Å². The van der Waals surface area contributed by atoms with E-state index in [0.717, 1.165) is 15.6 Å². The maximum absolute atomic E-state index is 11.7. The molecule has 1 aromatic rings. The molecule has 0 atom stereocenters. The smallest absolute Gasteiger partial charge is 0.251 e. The molecule has 0 saturated carbocycles. The van der Waals surface area contributed by atoms with Crippen molar-refractivity contribution < 1.29 is 4.79 Å². The van der Waals surface area contributed by atoms with Crippen LogP contribution in [0, 0.1) is 12.8 Å². The molecule has 0 heterocycles. The molecule has 3 heteroatoms. The standard InChI is InChI=1S/C12H16BrNO/c1-8(2)7-14-12(15)10-4-5-11(13)9(3)6-10/h4-6,8H,7H2,1-3H3,(H,14,15). The number of nitrogens with one attached hydrogen (secondary N) is 1. The van der Waals surface area contributed by atoms with Gasteiger partial charge in [0, 0.05) is 16.6 Å². The Morgan fingerprint density at radius 3 is 2.67 bits per heavy atom. The Morgan fingerprint density at radius 1 is 1.47 bits per heavy atom. The molecule has 0 bridgehead atoms. The highest BCUT2D eigenvalue weighted by Gasteiger charge is 2.06. The second kappa shape index (κ2) is 5.31. The molecule has 0 aliphatic heterocycles. The van der Waals surface area contributed by atoms with Gasteiger partial charge in [-0.15, -0.1) is 0 Å². The second-order valence-corrected chi connectivity index (χ2v) is 4.92. The van der Waals surface area contributed by atoms with E-state index in [2.05, 4.69) is 35.1 Å². The first-order valence-electron chi connectivity index (χ1n) is 5.05. The van der Waals surface area contributed by atoms with Gasteiger partial charge in [0.05, 0.1) is 0 Å². The Balaban J connectivity index is 2.70. The van der Waals surface area contributed by atoms with Crippen LogP contribution in [0.3, 0.4) is 0 Å². The van der Waals surface area contributed by atoms with Crippen molar-refractivity contribution in [2.45, 2.75) is 20.8 Å². The van der Waals surface area contributed by atoms with Gasteiger partial charge in [-0.25, -0.2) is 0 Å². The number of hydrogen-bond donors (Lipinski definition) is 1. The van der Waals surface area contributed by atoms with Crippen molar-refractivity contribution in [1.82, 2.24) is 5.32 Å². The molecule has 0 saturated heterocycles. The number of amides is 1. The Labute approximate surface area is 99.2 Å². The van der Waals surface area contributed by atoms with E-state index in [4.69, 9.17) is 0 Å². The third-order valence-corrected chi connectivity index (χ3v) is 2.98. The van der Waals surface area contributed by atoms with Crippen LogP contribution in [0.1, 0.15) is 29.8 Å². The lowest BCUT2D eigenvalue weighted by molar-refractivity contribution is 0.0949. The number of benzene rings is 1. The van der Waals surface area contributed by atoms with E-state index >= 15 is 0 Å². The molecule has 2 nitrogen and oxygen atoms in total. The molecule has 0 aromatic heterocycles. The highest BCUT2D eigenvalue weighted by atomic mass is 79.9. The average molecular weight is 270 g/mol. The highest BCUT2D eigenvalue weighted by Crippen LogP contribution is 2.16. The first-order chi connectivity index (χ1) is 7.00. The molecule has 0 spiro atoms. The van der Waals surface area contributed by atoms with Crippen molar-refractivity contribution in [3.63, 3.8) is 0 Å². The maximum atomic E-state index is 11.7. The monoisotopic (exact) mass is 269 g/mol. The van der Waals surface area contributed by atoms with Crippen LogP contribution in [0.15, 0.2) is 22.7 Å². The molecular formula is C12H16BrNO. The first kappa shape index (κ1) is 12.2. The number of hydrogen-bond acceptors (Lipinski definition) is 1. The van der Waals surface area contributed by atoms with Gasteiger partial charge in [-0.3, -0.25) is 4.79 Å². The maximum Gasteiger partial charge on any atom is 0.251 e. The van der Waals surface area contributed by atoms with Crippen LogP contribution in [-0.4, -0.2) is 12.5 Å². The van der Waals surface area contributed by atoms with E-state index in [1.54, 1.807) is 0 Å². The summed E-state index contributed by atoms with van der Waals surface area (Å²) in [6, 6.07) is 5.62. The van der Waals surface area contributed by atoms with Crippen molar-refractivity contribution in [1.29, 1.82) is 0 Å². The zero-order chi connectivity index (χ0) is 11.4. The summed E-state index contributed by atoms with van der Waals surface area (Å²) in [6.07, 6.45) is 0. The minimum atomic E-state index is -0.000648. The van der Waals surface area contributed by atoms with E-state index in [-0.39, 0.29) is 5.91 Å². The summed E-state index contributed by atoms with van der Waals surface area (Å²) in [5.41, 5.74) is 1.79. The van der Waals surface area contributed by atoms with Gasteiger partial charge in [-0.2, -0.15) is 0 Å². The number of carbonyl (C=O) groups is 1. The van der Waals surface area contributed by atoms with E-state index in [9.17, 15) is 4.79 Å². The van der Waals surface area contributed by atoms with Crippen LogP contribution in [0.2, 0.25) is 0 Å². The molecule has 1 rings (SSSR count). The lowest BCUT2D eigenvalue weighted by Crippen LogP contribution is -2.27. The van der Waals surface area contributed by atoms with Gasteiger partial charge in [0.2, 0.25) is 0 Å². The lowest BCUT2D eigenvalue weighted by Gasteiger charge is -2.08. The Hall–Kier alpha value is -0.830. The van der Waals surface area contributed by atoms with Crippen molar-refractivity contribution in [3.8, 4) is 0 Å². The zero-order valence-electron chi connectivity index (χ0n) is 9.30. The van der Waals surface area contributed by atoms with Crippen LogP contribution in [0.4, 0.5) is 0 Å². The van der Waals surface area contributed by atoms with Gasteiger partial charge >= 0.3 is 0 Å². The lowest BCUT2D eigenvalue weighted by atomic mass is 10.1. The molecule has 15 heavy (non-hydrogen) atoms. The fraction of sp³-hybridized carbons (Fsp3) is 0.417. The average Bonchev–Trinajstić information content (AvgIpc) is 2.18. The van der Waals surface area contributed by atoms with Crippen molar-refractivity contribution in [2.24, 2.45) is 5.92 Å². The van der Waals surface area contributed by atoms with Gasteiger partial charge < -0.3 is 5.32 Å². The Kier molecular flexibility index (Phi) is 4.33. The molecule has 0 radical (unpaired) electrons. The topological polar surface area (TPSA) is 29.1 Å². The summed E-state index contributed by atoms with van der Waals surface area (Å²) in [4.78, 5) is 11.7. The van der Waals surface area contributed by atoms with Gasteiger partial charge in [0.15, 0.2) is 0 Å². The predicted molar refractivity (Wildman–Crippen MR) is 66.1 cm³/mol. The highest BCUT2D eigenvalue weighted by molar-refractivity contribution is 9.10. The Bertz CT molecular complexity index is 361. The van der Waals surface area contributed by atoms with Crippen molar-refractivity contribution >= 4 is 21.8 Å². The quantitative estimate of drug-likeness (QED) is 0.898. The predicted octanol–water partition coefficient (Wildman–Crippen LogP) is 3.14. The molecule has 0 fully saturated rings. The van der Waals surface area contributed by atoms with Crippen molar-refractivity contribution in [2.75, 3.05) is 6.54 Å². The molecular weight excluding hydrogens is 254 g/mol. The first-order valence-corrected chi connectivity index (χ1v) is 5.84. The second-order valence-electron chi connectivity index (χ2n) is 4.07. The van der Waals surface area contributed by atoms with E-state index in [0.29, 0.717) is 12.5 Å². The molecule has 1 N–H and O–H groups in total. The van der Waals surface area contributed by atoms with Crippen LogP contribution >= 0.6 is 15.9 Å². The minimum absolute atomic E-state index is 0.000648. The SMILES string of the molecule is Cc1cc(C(=O)NCC(C)C)ccc1Br. The van der Waals surface area contributed by atoms with Gasteiger partial charge in [0.1, 0.15) is 0 Å². The molecule has 1 amide bonds. The van der Waals surface area contributed by atoms with E-state index in [1.165, 1.54) is 0 Å². The van der Waals surface area contributed by atoms with Crippen molar-refractivity contribution in [3.05, 3.63) is 33.8 Å². The summed E-state index contributed by atoms with van der Waals surface area (Å²) < 4.78 is 1.03. The summed E-state index contributed by atoms with van der Waals surface area (Å²) >= 11 is 3.41. The molecule has 0 unspecified atom stereocenters. The van der Waals surface area contributed by atoms with E-state index in [1.807, 2.05) is 25.1 Å². The van der Waals surface area contributed by atoms with Crippen LogP contribution in [-0.2, 0) is 0 Å². The molecule has 0 aliphatic rings. The van der Waals surface area contributed by atoms with Gasteiger partial charge in [-0.1, -0.05) is 29.8 Å². The fourth-order valence-corrected chi connectivity index (χ4v) is 1.43. The molecule has 0 aliphatic carbocycles. The minimum Gasteiger partial charge on any atom is -0.352 e.